The maximum absolute atomic E-state index is 13.6. The molecule has 5 heteroatoms. The van der Waals surface area contributed by atoms with Crippen LogP contribution >= 0.6 is 0 Å². The zero-order valence-corrected chi connectivity index (χ0v) is 17.6. The van der Waals surface area contributed by atoms with Crippen molar-refractivity contribution in [2.24, 2.45) is 17.3 Å². The number of likely N-dealkylation sites (N-methyl/N-ethyl adjacent to an activating group) is 1. The number of carbonyl (C=O) groups excluding carboxylic acids is 2. The van der Waals surface area contributed by atoms with Gasteiger partial charge in [0, 0.05) is 7.05 Å². The molecule has 3 fully saturated rings. The molecule has 2 aliphatic carbocycles. The molecule has 0 aromatic carbocycles. The highest BCUT2D eigenvalue weighted by atomic mass is 16.3. The van der Waals surface area contributed by atoms with Crippen molar-refractivity contribution in [2.45, 2.75) is 103 Å². The van der Waals surface area contributed by atoms with Crippen molar-refractivity contribution in [3.05, 3.63) is 0 Å². The fourth-order valence-corrected chi connectivity index (χ4v) is 5.70. The van der Waals surface area contributed by atoms with Crippen LogP contribution in [0.4, 0.5) is 4.79 Å². The third-order valence-corrected chi connectivity index (χ3v) is 7.65. The normalized spacial score (nSPS) is 30.0. The first-order chi connectivity index (χ1) is 12.8. The molecule has 1 saturated heterocycles. The Labute approximate surface area is 164 Å². The monoisotopic (exact) mass is 378 g/mol. The maximum Gasteiger partial charge on any atom is 0.327 e. The second-order valence-corrected chi connectivity index (χ2v) is 9.76. The van der Waals surface area contributed by atoms with Gasteiger partial charge in [0.1, 0.15) is 0 Å². The Balaban J connectivity index is 1.83. The standard InChI is InChI=1S/C22H38N2O3/c1-15-18(16-11-7-5-8-12-16)24(21(27)23(15)4)20(26)22(2,3)19(25)17-13-9-6-10-14-17/h15-19,25H,5-14H2,1-4H3/t15-,18-,19-/m0/s1. The van der Waals surface area contributed by atoms with Gasteiger partial charge in [-0.25, -0.2) is 4.79 Å². The summed E-state index contributed by atoms with van der Waals surface area (Å²) in [5, 5.41) is 11.1. The van der Waals surface area contributed by atoms with E-state index in [-0.39, 0.29) is 29.9 Å². The van der Waals surface area contributed by atoms with Crippen molar-refractivity contribution < 1.29 is 14.7 Å². The smallest absolute Gasteiger partial charge is 0.327 e. The second-order valence-electron chi connectivity index (χ2n) is 9.76. The Morgan fingerprint density at radius 2 is 1.56 bits per heavy atom. The lowest BCUT2D eigenvalue weighted by Gasteiger charge is -2.41. The Morgan fingerprint density at radius 3 is 2.11 bits per heavy atom. The summed E-state index contributed by atoms with van der Waals surface area (Å²) in [6, 6.07) is -0.215. The van der Waals surface area contributed by atoms with E-state index in [1.54, 1.807) is 11.9 Å². The van der Waals surface area contributed by atoms with E-state index in [2.05, 4.69) is 6.92 Å². The van der Waals surface area contributed by atoms with Crippen LogP contribution in [0.5, 0.6) is 0 Å². The molecule has 3 amide bonds. The van der Waals surface area contributed by atoms with Crippen LogP contribution in [0.1, 0.15) is 85.0 Å². The number of hydrogen-bond acceptors (Lipinski definition) is 3. The summed E-state index contributed by atoms with van der Waals surface area (Å²) < 4.78 is 0. The summed E-state index contributed by atoms with van der Waals surface area (Å²) in [7, 11) is 1.81. The maximum atomic E-state index is 13.6. The van der Waals surface area contributed by atoms with Crippen LogP contribution in [0, 0.1) is 17.3 Å². The minimum absolute atomic E-state index is 0.0344. The molecule has 0 bridgehead atoms. The molecule has 2 saturated carbocycles. The minimum Gasteiger partial charge on any atom is -0.392 e. The number of imide groups is 1. The van der Waals surface area contributed by atoms with E-state index in [0.29, 0.717) is 5.92 Å². The highest BCUT2D eigenvalue weighted by Gasteiger charge is 2.53. The average Bonchev–Trinajstić information content (AvgIpc) is 2.92. The van der Waals surface area contributed by atoms with Crippen molar-refractivity contribution in [1.29, 1.82) is 0 Å². The lowest BCUT2D eigenvalue weighted by molar-refractivity contribution is -0.148. The SMILES string of the molecule is C[C@H]1[C@@H](C2CCCCC2)N(C(=O)C(C)(C)[C@@H](O)C2CCCCC2)C(=O)N1C. The molecule has 3 atom stereocenters. The highest BCUT2D eigenvalue weighted by Crippen LogP contribution is 2.41. The summed E-state index contributed by atoms with van der Waals surface area (Å²) in [5.74, 6) is 0.366. The van der Waals surface area contributed by atoms with Gasteiger partial charge < -0.3 is 10.0 Å². The number of urea groups is 1. The van der Waals surface area contributed by atoms with Crippen LogP contribution in [-0.2, 0) is 4.79 Å². The first kappa shape index (κ1) is 20.6. The second kappa shape index (κ2) is 8.10. The topological polar surface area (TPSA) is 60.9 Å². The quantitative estimate of drug-likeness (QED) is 0.798. The summed E-state index contributed by atoms with van der Waals surface area (Å²) in [6.07, 6.45) is 10.5. The van der Waals surface area contributed by atoms with Gasteiger partial charge in [-0.15, -0.1) is 0 Å². The molecular formula is C22H38N2O3. The molecule has 0 aromatic heterocycles. The van der Waals surface area contributed by atoms with Gasteiger partial charge in [0.25, 0.3) is 0 Å². The van der Waals surface area contributed by atoms with Gasteiger partial charge in [-0.1, -0.05) is 38.5 Å². The van der Waals surface area contributed by atoms with E-state index < -0.39 is 11.5 Å². The minimum atomic E-state index is -0.935. The van der Waals surface area contributed by atoms with Gasteiger partial charge in [-0.05, 0) is 58.3 Å². The number of rotatable bonds is 4. The summed E-state index contributed by atoms with van der Waals surface area (Å²) >= 11 is 0. The van der Waals surface area contributed by atoms with Gasteiger partial charge >= 0.3 is 6.03 Å². The van der Waals surface area contributed by atoms with E-state index in [1.165, 1.54) is 30.6 Å². The van der Waals surface area contributed by atoms with Crippen LogP contribution in [0.2, 0.25) is 0 Å². The van der Waals surface area contributed by atoms with Gasteiger partial charge in [0.2, 0.25) is 5.91 Å². The summed E-state index contributed by atoms with van der Waals surface area (Å²) in [6.45, 7) is 5.74. The van der Waals surface area contributed by atoms with Crippen LogP contribution < -0.4 is 0 Å². The van der Waals surface area contributed by atoms with Crippen LogP contribution in [0.25, 0.3) is 0 Å². The molecule has 5 nitrogen and oxygen atoms in total. The lowest BCUT2D eigenvalue weighted by Crippen LogP contribution is -2.54. The van der Waals surface area contributed by atoms with Crippen molar-refractivity contribution in [1.82, 2.24) is 9.80 Å². The molecule has 0 spiro atoms. The van der Waals surface area contributed by atoms with E-state index in [0.717, 1.165) is 38.5 Å². The van der Waals surface area contributed by atoms with Gasteiger partial charge in [0.05, 0.1) is 23.6 Å². The first-order valence-corrected chi connectivity index (χ1v) is 11.0. The Bertz CT molecular complexity index is 550. The summed E-state index contributed by atoms with van der Waals surface area (Å²) in [4.78, 5) is 29.9. The Hall–Kier alpha value is -1.10. The molecule has 154 valence electrons. The third-order valence-electron chi connectivity index (χ3n) is 7.65. The van der Waals surface area contributed by atoms with Crippen LogP contribution in [0.15, 0.2) is 0 Å². The third kappa shape index (κ3) is 3.76. The van der Waals surface area contributed by atoms with Crippen molar-refractivity contribution >= 4 is 11.9 Å². The molecule has 27 heavy (non-hydrogen) atoms. The number of aliphatic hydroxyl groups excluding tert-OH is 1. The number of amides is 3. The average molecular weight is 379 g/mol. The number of hydrogen-bond donors (Lipinski definition) is 1. The van der Waals surface area contributed by atoms with Gasteiger partial charge in [-0.2, -0.15) is 0 Å². The van der Waals surface area contributed by atoms with E-state index in [1.807, 2.05) is 13.8 Å². The van der Waals surface area contributed by atoms with Crippen molar-refractivity contribution in [2.75, 3.05) is 7.05 Å². The highest BCUT2D eigenvalue weighted by molar-refractivity contribution is 5.99. The van der Waals surface area contributed by atoms with Crippen molar-refractivity contribution in [3.63, 3.8) is 0 Å². The van der Waals surface area contributed by atoms with Crippen molar-refractivity contribution in [3.8, 4) is 0 Å². The molecule has 1 heterocycles. The molecule has 1 aliphatic heterocycles. The molecule has 0 radical (unpaired) electrons. The lowest BCUT2D eigenvalue weighted by atomic mass is 9.72. The Kier molecular flexibility index (Phi) is 6.19. The number of nitrogens with zero attached hydrogens (tertiary/aromatic N) is 2. The zero-order valence-electron chi connectivity index (χ0n) is 17.6. The first-order valence-electron chi connectivity index (χ1n) is 11.0. The molecule has 1 N–H and O–H groups in total. The molecular weight excluding hydrogens is 340 g/mol. The fourth-order valence-electron chi connectivity index (χ4n) is 5.70. The predicted molar refractivity (Wildman–Crippen MR) is 106 cm³/mol. The molecule has 0 aromatic rings. The van der Waals surface area contributed by atoms with Crippen LogP contribution in [0.3, 0.4) is 0 Å². The van der Waals surface area contributed by atoms with Gasteiger partial charge in [0.15, 0.2) is 0 Å². The van der Waals surface area contributed by atoms with Gasteiger partial charge in [-0.3, -0.25) is 9.69 Å². The fraction of sp³-hybridized carbons (Fsp3) is 0.909. The van der Waals surface area contributed by atoms with E-state index in [9.17, 15) is 14.7 Å². The molecule has 0 unspecified atom stereocenters. The number of carbonyl (C=O) groups is 2. The molecule has 3 aliphatic rings. The predicted octanol–water partition coefficient (Wildman–Crippen LogP) is 4.19. The van der Waals surface area contributed by atoms with E-state index >= 15 is 0 Å². The Morgan fingerprint density at radius 1 is 1.04 bits per heavy atom. The molecule has 3 rings (SSSR count). The zero-order chi connectivity index (χ0) is 19.8. The largest absolute Gasteiger partial charge is 0.392 e. The summed E-state index contributed by atoms with van der Waals surface area (Å²) in [5.41, 5.74) is -0.935. The number of aliphatic hydroxyl groups is 1. The van der Waals surface area contributed by atoms with E-state index in [4.69, 9.17) is 0 Å². The van der Waals surface area contributed by atoms with Crippen LogP contribution in [-0.4, -0.2) is 52.1 Å².